The van der Waals surface area contributed by atoms with Crippen molar-refractivity contribution < 1.29 is 9.84 Å². The molecule has 0 aliphatic heterocycles. The van der Waals surface area contributed by atoms with Gasteiger partial charge in [-0.3, -0.25) is 0 Å². The predicted molar refractivity (Wildman–Crippen MR) is 76.2 cm³/mol. The van der Waals surface area contributed by atoms with Gasteiger partial charge in [0, 0.05) is 24.5 Å². The third kappa shape index (κ3) is 2.97. The standard InChI is InChI=1S/C14H15ClN2O2/c1-17(11-3-5-12(19-2)6-4-11)14-7-10(9-18)13(15)8-16-14/h3-8,18H,9H2,1-2H3. The Hall–Kier alpha value is -1.78. The molecule has 0 spiro atoms. The second-order valence-corrected chi connectivity index (χ2v) is 4.46. The van der Waals surface area contributed by atoms with Crippen molar-refractivity contribution in [2.45, 2.75) is 6.61 Å². The monoisotopic (exact) mass is 278 g/mol. The number of benzene rings is 1. The van der Waals surface area contributed by atoms with Gasteiger partial charge >= 0.3 is 0 Å². The maximum Gasteiger partial charge on any atom is 0.133 e. The molecule has 0 radical (unpaired) electrons. The minimum atomic E-state index is -0.106. The number of aromatic nitrogens is 1. The van der Waals surface area contributed by atoms with Crippen LogP contribution in [0.25, 0.3) is 0 Å². The maximum absolute atomic E-state index is 9.22. The second kappa shape index (κ2) is 5.91. The first-order chi connectivity index (χ1) is 9.15. The highest BCUT2D eigenvalue weighted by Gasteiger charge is 2.08. The number of hydrogen-bond donors (Lipinski definition) is 1. The second-order valence-electron chi connectivity index (χ2n) is 4.05. The molecule has 1 aromatic heterocycles. The van der Waals surface area contributed by atoms with Gasteiger partial charge < -0.3 is 14.7 Å². The lowest BCUT2D eigenvalue weighted by molar-refractivity contribution is 0.282. The number of rotatable bonds is 4. The Labute approximate surface area is 117 Å². The summed E-state index contributed by atoms with van der Waals surface area (Å²) in [6.07, 6.45) is 1.54. The van der Waals surface area contributed by atoms with Crippen LogP contribution in [0.4, 0.5) is 11.5 Å². The minimum absolute atomic E-state index is 0.106. The van der Waals surface area contributed by atoms with Crippen LogP contribution in [0.1, 0.15) is 5.56 Å². The fourth-order valence-electron chi connectivity index (χ4n) is 1.71. The molecule has 0 aliphatic rings. The Morgan fingerprint density at radius 2 is 2.00 bits per heavy atom. The topological polar surface area (TPSA) is 45.6 Å². The number of ether oxygens (including phenoxy) is 1. The summed E-state index contributed by atoms with van der Waals surface area (Å²) >= 11 is 5.93. The number of hydrogen-bond acceptors (Lipinski definition) is 4. The largest absolute Gasteiger partial charge is 0.497 e. The summed E-state index contributed by atoms with van der Waals surface area (Å²) in [6.45, 7) is -0.106. The SMILES string of the molecule is COc1ccc(N(C)c2cc(CO)c(Cl)cn2)cc1. The van der Waals surface area contributed by atoms with Crippen molar-refractivity contribution in [2.24, 2.45) is 0 Å². The molecule has 1 heterocycles. The van der Waals surface area contributed by atoms with Gasteiger partial charge in [0.2, 0.25) is 0 Å². The Balaban J connectivity index is 2.29. The first-order valence-electron chi connectivity index (χ1n) is 5.78. The molecule has 0 bridgehead atoms. The van der Waals surface area contributed by atoms with E-state index in [0.29, 0.717) is 10.6 Å². The van der Waals surface area contributed by atoms with E-state index in [9.17, 15) is 5.11 Å². The van der Waals surface area contributed by atoms with Crippen LogP contribution in [-0.2, 0) is 6.61 Å². The molecule has 0 fully saturated rings. The van der Waals surface area contributed by atoms with Crippen LogP contribution in [0.5, 0.6) is 5.75 Å². The van der Waals surface area contributed by atoms with Crippen molar-refractivity contribution in [1.82, 2.24) is 4.98 Å². The van der Waals surface area contributed by atoms with Crippen molar-refractivity contribution in [3.8, 4) is 5.75 Å². The van der Waals surface area contributed by atoms with Gasteiger partial charge in [-0.05, 0) is 30.3 Å². The van der Waals surface area contributed by atoms with Crippen LogP contribution in [0.15, 0.2) is 36.5 Å². The van der Waals surface area contributed by atoms with E-state index >= 15 is 0 Å². The summed E-state index contributed by atoms with van der Waals surface area (Å²) in [5, 5.41) is 9.68. The zero-order chi connectivity index (χ0) is 13.8. The van der Waals surface area contributed by atoms with Crippen molar-refractivity contribution >= 4 is 23.1 Å². The molecule has 5 heteroatoms. The van der Waals surface area contributed by atoms with Crippen LogP contribution < -0.4 is 9.64 Å². The smallest absolute Gasteiger partial charge is 0.133 e. The van der Waals surface area contributed by atoms with Crippen LogP contribution in [-0.4, -0.2) is 24.2 Å². The van der Waals surface area contributed by atoms with Crippen LogP contribution in [0.3, 0.4) is 0 Å². The first-order valence-corrected chi connectivity index (χ1v) is 6.16. The van der Waals surface area contributed by atoms with E-state index in [2.05, 4.69) is 4.98 Å². The number of halogens is 1. The molecule has 2 aromatic rings. The molecule has 1 N–H and O–H groups in total. The molecule has 2 rings (SSSR count). The molecule has 4 nitrogen and oxygen atoms in total. The molecular weight excluding hydrogens is 264 g/mol. The fraction of sp³-hybridized carbons (Fsp3) is 0.214. The number of aliphatic hydroxyl groups is 1. The van der Waals surface area contributed by atoms with E-state index in [0.717, 1.165) is 17.3 Å². The van der Waals surface area contributed by atoms with Crippen molar-refractivity contribution in [2.75, 3.05) is 19.1 Å². The zero-order valence-corrected chi connectivity index (χ0v) is 11.6. The minimum Gasteiger partial charge on any atom is -0.497 e. The molecule has 1 aromatic carbocycles. The fourth-order valence-corrected chi connectivity index (χ4v) is 1.87. The Morgan fingerprint density at radius 1 is 1.32 bits per heavy atom. The molecule has 0 aliphatic carbocycles. The molecule has 100 valence electrons. The van der Waals surface area contributed by atoms with E-state index in [4.69, 9.17) is 16.3 Å². The van der Waals surface area contributed by atoms with Gasteiger partial charge in [-0.1, -0.05) is 11.6 Å². The van der Waals surface area contributed by atoms with Gasteiger partial charge in [-0.2, -0.15) is 0 Å². The number of nitrogens with zero attached hydrogens (tertiary/aromatic N) is 2. The van der Waals surface area contributed by atoms with Crippen molar-refractivity contribution in [3.63, 3.8) is 0 Å². The van der Waals surface area contributed by atoms with E-state index in [1.54, 1.807) is 19.4 Å². The Bertz CT molecular complexity index is 558. The summed E-state index contributed by atoms with van der Waals surface area (Å²) in [5.74, 6) is 1.52. The van der Waals surface area contributed by atoms with E-state index in [-0.39, 0.29) is 6.61 Å². The summed E-state index contributed by atoms with van der Waals surface area (Å²) in [5.41, 5.74) is 1.63. The lowest BCUT2D eigenvalue weighted by Gasteiger charge is -2.19. The van der Waals surface area contributed by atoms with Crippen molar-refractivity contribution in [3.05, 3.63) is 47.1 Å². The number of anilines is 2. The molecule has 19 heavy (non-hydrogen) atoms. The highest BCUT2D eigenvalue weighted by atomic mass is 35.5. The van der Waals surface area contributed by atoms with Crippen molar-refractivity contribution in [1.29, 1.82) is 0 Å². The van der Waals surface area contributed by atoms with Gasteiger partial charge in [-0.15, -0.1) is 0 Å². The molecule has 0 atom stereocenters. The van der Waals surface area contributed by atoms with Crippen LogP contribution in [0, 0.1) is 0 Å². The Morgan fingerprint density at radius 3 is 2.58 bits per heavy atom. The van der Waals surface area contributed by atoms with Gasteiger partial charge in [-0.25, -0.2) is 4.98 Å². The highest BCUT2D eigenvalue weighted by molar-refractivity contribution is 6.31. The molecule has 0 unspecified atom stereocenters. The average molecular weight is 279 g/mol. The van der Waals surface area contributed by atoms with Gasteiger partial charge in [0.15, 0.2) is 0 Å². The Kier molecular flexibility index (Phi) is 4.24. The van der Waals surface area contributed by atoms with E-state index < -0.39 is 0 Å². The van der Waals surface area contributed by atoms with Gasteiger partial charge in [0.25, 0.3) is 0 Å². The van der Waals surface area contributed by atoms with Crippen LogP contribution in [0.2, 0.25) is 5.02 Å². The summed E-state index contributed by atoms with van der Waals surface area (Å²) in [4.78, 5) is 6.17. The predicted octanol–water partition coefficient (Wildman–Crippen LogP) is 3.00. The van der Waals surface area contributed by atoms with E-state index in [1.165, 1.54) is 0 Å². The maximum atomic E-state index is 9.22. The number of aliphatic hydroxyl groups excluding tert-OH is 1. The zero-order valence-electron chi connectivity index (χ0n) is 10.8. The van der Waals surface area contributed by atoms with Gasteiger partial charge in [0.1, 0.15) is 11.6 Å². The summed E-state index contributed by atoms with van der Waals surface area (Å²) in [7, 11) is 3.53. The molecule has 0 saturated carbocycles. The normalized spacial score (nSPS) is 10.3. The molecule has 0 amide bonds. The lowest BCUT2D eigenvalue weighted by atomic mass is 10.2. The van der Waals surface area contributed by atoms with Gasteiger partial charge in [0.05, 0.1) is 18.7 Å². The quantitative estimate of drug-likeness (QED) is 0.934. The molecule has 0 saturated heterocycles. The lowest BCUT2D eigenvalue weighted by Crippen LogP contribution is -2.11. The van der Waals surface area contributed by atoms with Crippen LogP contribution >= 0.6 is 11.6 Å². The third-order valence-electron chi connectivity index (χ3n) is 2.89. The first kappa shape index (κ1) is 13.6. The summed E-state index contributed by atoms with van der Waals surface area (Å²) in [6, 6.07) is 9.41. The third-order valence-corrected chi connectivity index (χ3v) is 3.23. The number of pyridine rings is 1. The molecular formula is C14H15ClN2O2. The highest BCUT2D eigenvalue weighted by Crippen LogP contribution is 2.26. The summed E-state index contributed by atoms with van der Waals surface area (Å²) < 4.78 is 5.12. The average Bonchev–Trinajstić information content (AvgIpc) is 2.47. The van der Waals surface area contributed by atoms with E-state index in [1.807, 2.05) is 36.2 Å². The number of methoxy groups -OCH3 is 1.